The van der Waals surface area contributed by atoms with Crippen molar-refractivity contribution in [2.45, 2.75) is 31.6 Å². The van der Waals surface area contributed by atoms with Crippen LogP contribution in [-0.4, -0.2) is 19.9 Å². The van der Waals surface area contributed by atoms with Crippen LogP contribution in [-0.2, 0) is 0 Å². The van der Waals surface area contributed by atoms with Crippen molar-refractivity contribution in [1.82, 2.24) is 19.9 Å². The Bertz CT molecular complexity index is 581. The van der Waals surface area contributed by atoms with Crippen LogP contribution in [0.25, 0.3) is 11.5 Å². The van der Waals surface area contributed by atoms with Crippen molar-refractivity contribution in [2.75, 3.05) is 5.73 Å². The lowest BCUT2D eigenvalue weighted by Crippen LogP contribution is -2.06. The molecule has 3 rings (SSSR count). The number of halogens is 1. The van der Waals surface area contributed by atoms with Gasteiger partial charge < -0.3 is 5.73 Å². The van der Waals surface area contributed by atoms with Gasteiger partial charge in [-0.3, -0.25) is 4.98 Å². The lowest BCUT2D eigenvalue weighted by molar-refractivity contribution is 0.691. The van der Waals surface area contributed by atoms with Crippen LogP contribution < -0.4 is 5.73 Å². The molecule has 0 aromatic carbocycles. The van der Waals surface area contributed by atoms with Crippen molar-refractivity contribution >= 4 is 21.7 Å². The summed E-state index contributed by atoms with van der Waals surface area (Å²) in [6.45, 7) is 0. The summed E-state index contributed by atoms with van der Waals surface area (Å²) in [4.78, 5) is 17.2. The van der Waals surface area contributed by atoms with Crippen LogP contribution in [0.1, 0.15) is 37.3 Å². The zero-order valence-electron chi connectivity index (χ0n) is 10.4. The molecule has 1 aliphatic carbocycles. The molecule has 1 saturated carbocycles. The standard InChI is InChI=1S/C13H14BrN5/c14-10-11(8-3-1-2-4-8)18-13(19-12(10)15)9-7-16-5-6-17-9/h5-8H,1-4H2,(H2,15,18,19). The molecule has 0 aliphatic heterocycles. The minimum absolute atomic E-state index is 0.468. The molecule has 1 fully saturated rings. The Balaban J connectivity index is 2.07. The van der Waals surface area contributed by atoms with Crippen LogP contribution in [0.4, 0.5) is 5.82 Å². The lowest BCUT2D eigenvalue weighted by Gasteiger charge is -2.13. The molecular formula is C13H14BrN5. The van der Waals surface area contributed by atoms with Gasteiger partial charge in [-0.05, 0) is 28.8 Å². The van der Waals surface area contributed by atoms with E-state index in [9.17, 15) is 0 Å². The molecule has 0 saturated heterocycles. The van der Waals surface area contributed by atoms with E-state index in [0.717, 1.165) is 23.0 Å². The fraction of sp³-hybridized carbons (Fsp3) is 0.385. The predicted molar refractivity (Wildman–Crippen MR) is 76.4 cm³/mol. The highest BCUT2D eigenvalue weighted by atomic mass is 79.9. The molecule has 0 radical (unpaired) electrons. The minimum Gasteiger partial charge on any atom is -0.383 e. The van der Waals surface area contributed by atoms with Gasteiger partial charge in [0.15, 0.2) is 5.82 Å². The summed E-state index contributed by atoms with van der Waals surface area (Å²) < 4.78 is 0.826. The summed E-state index contributed by atoms with van der Waals surface area (Å²) in [6, 6.07) is 0. The second-order valence-electron chi connectivity index (χ2n) is 4.70. The maximum absolute atomic E-state index is 5.98. The predicted octanol–water partition coefficient (Wildman–Crippen LogP) is 2.94. The van der Waals surface area contributed by atoms with Gasteiger partial charge in [0.05, 0.1) is 16.4 Å². The first-order valence-electron chi connectivity index (χ1n) is 6.35. The number of hydrogen-bond acceptors (Lipinski definition) is 5. The van der Waals surface area contributed by atoms with E-state index in [2.05, 4.69) is 35.9 Å². The highest BCUT2D eigenvalue weighted by Crippen LogP contribution is 2.38. The summed E-state index contributed by atoms with van der Waals surface area (Å²) in [6.07, 6.45) is 9.74. The second-order valence-corrected chi connectivity index (χ2v) is 5.50. The number of hydrogen-bond donors (Lipinski definition) is 1. The van der Waals surface area contributed by atoms with Crippen LogP contribution in [0.5, 0.6) is 0 Å². The third-order valence-electron chi connectivity index (χ3n) is 3.44. The molecule has 0 unspecified atom stereocenters. The summed E-state index contributed by atoms with van der Waals surface area (Å²) in [5, 5.41) is 0. The van der Waals surface area contributed by atoms with Crippen molar-refractivity contribution < 1.29 is 0 Å². The molecule has 0 bridgehead atoms. The van der Waals surface area contributed by atoms with Gasteiger partial charge in [0.25, 0.3) is 0 Å². The van der Waals surface area contributed by atoms with Crippen LogP contribution >= 0.6 is 15.9 Å². The number of aromatic nitrogens is 4. The smallest absolute Gasteiger partial charge is 0.182 e. The highest BCUT2D eigenvalue weighted by molar-refractivity contribution is 9.10. The molecule has 2 aromatic rings. The van der Waals surface area contributed by atoms with Gasteiger partial charge in [0.1, 0.15) is 11.5 Å². The molecular weight excluding hydrogens is 306 g/mol. The average molecular weight is 320 g/mol. The normalized spacial score (nSPS) is 15.8. The van der Waals surface area contributed by atoms with Crippen LogP contribution in [0.3, 0.4) is 0 Å². The Hall–Kier alpha value is -1.56. The Morgan fingerprint density at radius 2 is 1.95 bits per heavy atom. The van der Waals surface area contributed by atoms with E-state index in [1.807, 2.05) is 0 Å². The van der Waals surface area contributed by atoms with Crippen LogP contribution in [0.2, 0.25) is 0 Å². The van der Waals surface area contributed by atoms with Gasteiger partial charge in [0, 0.05) is 18.3 Å². The topological polar surface area (TPSA) is 77.6 Å². The zero-order chi connectivity index (χ0) is 13.2. The van der Waals surface area contributed by atoms with Crippen molar-refractivity contribution in [3.63, 3.8) is 0 Å². The SMILES string of the molecule is Nc1nc(-c2cnccn2)nc(C2CCCC2)c1Br. The van der Waals surface area contributed by atoms with E-state index in [1.165, 1.54) is 12.8 Å². The fourth-order valence-electron chi connectivity index (χ4n) is 2.48. The first-order chi connectivity index (χ1) is 9.25. The first kappa shape index (κ1) is 12.5. The van der Waals surface area contributed by atoms with Crippen molar-refractivity contribution in [1.29, 1.82) is 0 Å². The average Bonchev–Trinajstić information content (AvgIpc) is 2.96. The Labute approximate surface area is 119 Å². The van der Waals surface area contributed by atoms with Gasteiger partial charge in [-0.2, -0.15) is 0 Å². The molecule has 0 atom stereocenters. The van der Waals surface area contributed by atoms with E-state index in [1.54, 1.807) is 18.6 Å². The molecule has 2 heterocycles. The van der Waals surface area contributed by atoms with Crippen LogP contribution in [0, 0.1) is 0 Å². The number of rotatable bonds is 2. The number of nitrogen functional groups attached to an aromatic ring is 1. The molecule has 2 aromatic heterocycles. The molecule has 0 spiro atoms. The van der Waals surface area contributed by atoms with Crippen molar-refractivity contribution in [2.24, 2.45) is 0 Å². The fourth-order valence-corrected chi connectivity index (χ4v) is 2.98. The Morgan fingerprint density at radius 1 is 1.16 bits per heavy atom. The molecule has 2 N–H and O–H groups in total. The maximum Gasteiger partial charge on any atom is 0.182 e. The van der Waals surface area contributed by atoms with E-state index in [0.29, 0.717) is 23.3 Å². The van der Waals surface area contributed by atoms with Gasteiger partial charge in [-0.15, -0.1) is 0 Å². The first-order valence-corrected chi connectivity index (χ1v) is 7.14. The molecule has 6 heteroatoms. The highest BCUT2D eigenvalue weighted by Gasteiger charge is 2.23. The van der Waals surface area contributed by atoms with Gasteiger partial charge in [0.2, 0.25) is 0 Å². The van der Waals surface area contributed by atoms with Gasteiger partial charge in [-0.25, -0.2) is 15.0 Å². The number of anilines is 1. The Morgan fingerprint density at radius 3 is 2.63 bits per heavy atom. The minimum atomic E-state index is 0.468. The summed E-state index contributed by atoms with van der Waals surface area (Å²) in [5.74, 6) is 1.49. The summed E-state index contributed by atoms with van der Waals surface area (Å²) in [7, 11) is 0. The van der Waals surface area contributed by atoms with Crippen molar-refractivity contribution in [3.05, 3.63) is 28.8 Å². The van der Waals surface area contributed by atoms with Crippen LogP contribution in [0.15, 0.2) is 23.1 Å². The molecule has 98 valence electrons. The van der Waals surface area contributed by atoms with E-state index < -0.39 is 0 Å². The molecule has 0 amide bonds. The lowest BCUT2D eigenvalue weighted by atomic mass is 10.0. The van der Waals surface area contributed by atoms with Crippen molar-refractivity contribution in [3.8, 4) is 11.5 Å². The second kappa shape index (κ2) is 5.21. The monoisotopic (exact) mass is 319 g/mol. The third-order valence-corrected chi connectivity index (χ3v) is 4.25. The van der Waals surface area contributed by atoms with Gasteiger partial charge >= 0.3 is 0 Å². The quantitative estimate of drug-likeness (QED) is 0.920. The summed E-state index contributed by atoms with van der Waals surface area (Å²) in [5.41, 5.74) is 7.64. The summed E-state index contributed by atoms with van der Waals surface area (Å²) >= 11 is 3.51. The molecule has 5 nitrogen and oxygen atoms in total. The number of nitrogens with two attached hydrogens (primary N) is 1. The molecule has 19 heavy (non-hydrogen) atoms. The number of nitrogens with zero attached hydrogens (tertiary/aromatic N) is 4. The Kier molecular flexibility index (Phi) is 3.42. The van der Waals surface area contributed by atoms with E-state index in [4.69, 9.17) is 5.73 Å². The van der Waals surface area contributed by atoms with E-state index >= 15 is 0 Å². The maximum atomic E-state index is 5.98. The van der Waals surface area contributed by atoms with E-state index in [-0.39, 0.29) is 0 Å². The third kappa shape index (κ3) is 2.45. The largest absolute Gasteiger partial charge is 0.383 e. The van der Waals surface area contributed by atoms with Gasteiger partial charge in [-0.1, -0.05) is 12.8 Å². The zero-order valence-corrected chi connectivity index (χ0v) is 12.0. The molecule has 1 aliphatic rings.